The number of pyridine rings is 2. The Labute approximate surface area is 120 Å². The molecule has 0 saturated heterocycles. The molecule has 0 aliphatic rings. The minimum Gasteiger partial charge on any atom is -0.303 e. The summed E-state index contributed by atoms with van der Waals surface area (Å²) in [6.07, 6.45) is 2.70. The number of nitro groups is 1. The van der Waals surface area contributed by atoms with Crippen molar-refractivity contribution in [2.75, 3.05) is 0 Å². The quantitative estimate of drug-likeness (QED) is 0.487. The fourth-order valence-corrected chi connectivity index (χ4v) is 2.20. The van der Waals surface area contributed by atoms with E-state index in [1.54, 1.807) is 12.1 Å². The summed E-state index contributed by atoms with van der Waals surface area (Å²) >= 11 is 8.76. The average Bonchev–Trinajstić information content (AvgIpc) is 2.34. The lowest BCUT2D eigenvalue weighted by molar-refractivity contribution is -0.385. The molecule has 0 atom stereocenters. The number of aromatic nitrogens is 2. The number of rotatable bonds is 3. The molecular weight excluding hydrogens is 337 g/mol. The van der Waals surface area contributed by atoms with E-state index in [0.29, 0.717) is 5.15 Å². The molecule has 8 heteroatoms. The zero-order valence-corrected chi connectivity index (χ0v) is 11.8. The summed E-state index contributed by atoms with van der Waals surface area (Å²) in [6, 6.07) is 4.46. The van der Waals surface area contributed by atoms with Gasteiger partial charge in [0.1, 0.15) is 5.15 Å². The van der Waals surface area contributed by atoms with E-state index in [1.165, 1.54) is 23.0 Å². The number of hydrogen-bond acceptors (Lipinski definition) is 4. The van der Waals surface area contributed by atoms with E-state index in [9.17, 15) is 14.9 Å². The van der Waals surface area contributed by atoms with Crippen LogP contribution in [0.25, 0.3) is 0 Å². The van der Waals surface area contributed by atoms with Gasteiger partial charge in [0.15, 0.2) is 0 Å². The van der Waals surface area contributed by atoms with E-state index in [0.717, 1.165) is 5.56 Å². The van der Waals surface area contributed by atoms with Crippen LogP contribution in [0.15, 0.2) is 39.9 Å². The van der Waals surface area contributed by atoms with E-state index in [1.807, 2.05) is 0 Å². The Morgan fingerprint density at radius 1 is 1.47 bits per heavy atom. The second kappa shape index (κ2) is 5.50. The van der Waals surface area contributed by atoms with Crippen molar-refractivity contribution in [1.29, 1.82) is 0 Å². The molecular formula is C11H7BrClN3O3. The van der Waals surface area contributed by atoms with Crippen LogP contribution in [0, 0.1) is 10.1 Å². The smallest absolute Gasteiger partial charge is 0.286 e. The monoisotopic (exact) mass is 343 g/mol. The Morgan fingerprint density at radius 3 is 2.84 bits per heavy atom. The Balaban J connectivity index is 2.45. The van der Waals surface area contributed by atoms with Gasteiger partial charge in [-0.3, -0.25) is 14.9 Å². The highest BCUT2D eigenvalue weighted by molar-refractivity contribution is 9.10. The lowest BCUT2D eigenvalue weighted by Crippen LogP contribution is -2.21. The van der Waals surface area contributed by atoms with Crippen molar-refractivity contribution >= 4 is 33.2 Å². The molecule has 0 saturated carbocycles. The molecule has 0 aliphatic carbocycles. The first kappa shape index (κ1) is 13.7. The SMILES string of the molecule is O=c1c(Br)cc([N+](=O)[O-])cn1Cc1ccnc(Cl)c1. The minimum atomic E-state index is -0.555. The van der Waals surface area contributed by atoms with Crippen LogP contribution in [0.2, 0.25) is 5.15 Å². The lowest BCUT2D eigenvalue weighted by atomic mass is 10.2. The Morgan fingerprint density at radius 2 is 2.21 bits per heavy atom. The third kappa shape index (κ3) is 3.18. The molecule has 6 nitrogen and oxygen atoms in total. The number of halogens is 2. The van der Waals surface area contributed by atoms with Gasteiger partial charge in [-0.1, -0.05) is 11.6 Å². The van der Waals surface area contributed by atoms with Crippen LogP contribution >= 0.6 is 27.5 Å². The fraction of sp³-hybridized carbons (Fsp3) is 0.0909. The molecule has 2 rings (SSSR count). The van der Waals surface area contributed by atoms with Gasteiger partial charge in [0.05, 0.1) is 22.1 Å². The topological polar surface area (TPSA) is 78.0 Å². The molecule has 98 valence electrons. The first-order chi connectivity index (χ1) is 8.97. The predicted octanol–water partition coefficient (Wildman–Crippen LogP) is 2.62. The molecule has 2 heterocycles. The van der Waals surface area contributed by atoms with Gasteiger partial charge in [-0.2, -0.15) is 0 Å². The third-order valence-corrected chi connectivity index (χ3v) is 3.16. The van der Waals surface area contributed by atoms with Crippen molar-refractivity contribution in [1.82, 2.24) is 9.55 Å². The Kier molecular flexibility index (Phi) is 3.96. The van der Waals surface area contributed by atoms with Gasteiger partial charge in [-0.15, -0.1) is 0 Å². The molecule has 0 N–H and O–H groups in total. The molecule has 2 aromatic rings. The molecule has 0 aliphatic heterocycles. The van der Waals surface area contributed by atoms with E-state index < -0.39 is 4.92 Å². The van der Waals surface area contributed by atoms with Crippen molar-refractivity contribution in [3.8, 4) is 0 Å². The highest BCUT2D eigenvalue weighted by Crippen LogP contribution is 2.15. The summed E-state index contributed by atoms with van der Waals surface area (Å²) in [6.45, 7) is 0.182. The molecule has 0 radical (unpaired) electrons. The minimum absolute atomic E-state index is 0.141. The van der Waals surface area contributed by atoms with E-state index in [2.05, 4.69) is 20.9 Å². The second-order valence-corrected chi connectivity index (χ2v) is 4.96. The van der Waals surface area contributed by atoms with Crippen molar-refractivity contribution < 1.29 is 4.92 Å². The maximum Gasteiger partial charge on any atom is 0.286 e. The van der Waals surface area contributed by atoms with Gasteiger partial charge in [0.25, 0.3) is 11.2 Å². The summed E-state index contributed by atoms with van der Waals surface area (Å²) < 4.78 is 1.38. The molecule has 19 heavy (non-hydrogen) atoms. The lowest BCUT2D eigenvalue weighted by Gasteiger charge is -2.06. The van der Waals surface area contributed by atoms with Gasteiger partial charge in [0.2, 0.25) is 0 Å². The Hall–Kier alpha value is -1.73. The molecule has 0 spiro atoms. The molecule has 0 fully saturated rings. The summed E-state index contributed by atoms with van der Waals surface area (Å²) in [5.41, 5.74) is 0.222. The fourth-order valence-electron chi connectivity index (χ4n) is 1.54. The van der Waals surface area contributed by atoms with Gasteiger partial charge >= 0.3 is 0 Å². The second-order valence-electron chi connectivity index (χ2n) is 3.72. The van der Waals surface area contributed by atoms with E-state index >= 15 is 0 Å². The zero-order chi connectivity index (χ0) is 14.0. The maximum atomic E-state index is 11.9. The predicted molar refractivity (Wildman–Crippen MR) is 73.4 cm³/mol. The van der Waals surface area contributed by atoms with Crippen molar-refractivity contribution in [2.45, 2.75) is 6.54 Å². The van der Waals surface area contributed by atoms with E-state index in [4.69, 9.17) is 11.6 Å². The van der Waals surface area contributed by atoms with Crippen LogP contribution in [-0.2, 0) is 6.54 Å². The molecule has 2 aromatic heterocycles. The molecule has 0 aromatic carbocycles. The van der Waals surface area contributed by atoms with Gasteiger partial charge in [-0.05, 0) is 33.6 Å². The van der Waals surface area contributed by atoms with Crippen LogP contribution in [0.1, 0.15) is 5.56 Å². The highest BCUT2D eigenvalue weighted by Gasteiger charge is 2.12. The van der Waals surface area contributed by atoms with Crippen LogP contribution < -0.4 is 5.56 Å². The van der Waals surface area contributed by atoms with Crippen molar-refractivity contribution in [3.63, 3.8) is 0 Å². The Bertz CT molecular complexity index is 702. The normalized spacial score (nSPS) is 10.4. The first-order valence-electron chi connectivity index (χ1n) is 5.12. The van der Waals surface area contributed by atoms with E-state index in [-0.39, 0.29) is 22.3 Å². The number of hydrogen-bond donors (Lipinski definition) is 0. The average molecular weight is 345 g/mol. The van der Waals surface area contributed by atoms with Crippen molar-refractivity contribution in [3.05, 3.63) is 66.3 Å². The summed E-state index contributed by atoms with van der Waals surface area (Å²) in [7, 11) is 0. The molecule has 0 amide bonds. The third-order valence-electron chi connectivity index (χ3n) is 2.38. The first-order valence-corrected chi connectivity index (χ1v) is 6.29. The van der Waals surface area contributed by atoms with Crippen molar-refractivity contribution in [2.24, 2.45) is 0 Å². The van der Waals surface area contributed by atoms with Gasteiger partial charge in [0, 0.05) is 12.3 Å². The number of nitrogens with zero attached hydrogens (tertiary/aromatic N) is 3. The maximum absolute atomic E-state index is 11.9. The van der Waals surface area contributed by atoms with Crippen LogP contribution in [0.5, 0.6) is 0 Å². The summed E-state index contributed by atoms with van der Waals surface area (Å²) in [5.74, 6) is 0. The zero-order valence-electron chi connectivity index (χ0n) is 9.42. The largest absolute Gasteiger partial charge is 0.303 e. The standard InChI is InChI=1S/C11H7BrClN3O3/c12-9-4-8(16(18)19)6-15(11(9)17)5-7-1-2-14-10(13)3-7/h1-4,6H,5H2. The van der Waals surface area contributed by atoms with Gasteiger partial charge < -0.3 is 4.57 Å². The van der Waals surface area contributed by atoms with Crippen LogP contribution in [0.3, 0.4) is 0 Å². The summed E-state index contributed by atoms with van der Waals surface area (Å²) in [4.78, 5) is 25.9. The summed E-state index contributed by atoms with van der Waals surface area (Å²) in [5, 5.41) is 11.1. The van der Waals surface area contributed by atoms with Crippen LogP contribution in [0.4, 0.5) is 5.69 Å². The molecule has 0 bridgehead atoms. The van der Waals surface area contributed by atoms with Gasteiger partial charge in [-0.25, -0.2) is 4.98 Å². The molecule has 0 unspecified atom stereocenters. The highest BCUT2D eigenvalue weighted by atomic mass is 79.9. The van der Waals surface area contributed by atoms with Crippen LogP contribution in [-0.4, -0.2) is 14.5 Å².